The highest BCUT2D eigenvalue weighted by molar-refractivity contribution is 5.69. The van der Waals surface area contributed by atoms with Crippen LogP contribution >= 0.6 is 0 Å². The van der Waals surface area contributed by atoms with Crippen LogP contribution in [0.15, 0.2) is 0 Å². The summed E-state index contributed by atoms with van der Waals surface area (Å²) in [6, 6.07) is 0. The highest BCUT2D eigenvalue weighted by Crippen LogP contribution is 2.39. The molecule has 0 aliphatic heterocycles. The van der Waals surface area contributed by atoms with E-state index in [0.717, 1.165) is 12.5 Å². The summed E-state index contributed by atoms with van der Waals surface area (Å²) in [6.45, 7) is 17.8. The van der Waals surface area contributed by atoms with Crippen molar-refractivity contribution >= 4 is 6.09 Å². The molecule has 0 saturated heterocycles. The van der Waals surface area contributed by atoms with E-state index in [1.807, 2.05) is 46.4 Å². The average Bonchev–Trinajstić information content (AvgIpc) is 3.02. The number of hydrogen-bond acceptors (Lipinski definition) is 3. The van der Waals surface area contributed by atoms with Crippen LogP contribution in [-0.2, 0) is 4.74 Å². The van der Waals surface area contributed by atoms with Crippen molar-refractivity contribution in [3.05, 3.63) is 0 Å². The number of carbonyl (C=O) groups is 1. The van der Waals surface area contributed by atoms with Crippen molar-refractivity contribution < 1.29 is 9.53 Å². The molecular weight excluding hydrogens is 264 g/mol. The van der Waals surface area contributed by atoms with E-state index in [4.69, 9.17) is 4.74 Å². The third kappa shape index (κ3) is 6.25. The molecule has 0 radical (unpaired) electrons. The molecule has 1 fully saturated rings. The lowest BCUT2D eigenvalue weighted by Gasteiger charge is -2.38. The van der Waals surface area contributed by atoms with E-state index in [-0.39, 0.29) is 17.2 Å². The quantitative estimate of drug-likeness (QED) is 0.839. The van der Waals surface area contributed by atoms with Crippen LogP contribution in [0, 0.1) is 5.92 Å². The van der Waals surface area contributed by atoms with Crippen molar-refractivity contribution in [1.82, 2.24) is 10.2 Å². The van der Waals surface area contributed by atoms with Crippen molar-refractivity contribution in [3.8, 4) is 0 Å². The summed E-state index contributed by atoms with van der Waals surface area (Å²) >= 11 is 0. The van der Waals surface area contributed by atoms with Gasteiger partial charge in [-0.1, -0.05) is 0 Å². The molecule has 0 atom stereocenters. The van der Waals surface area contributed by atoms with Crippen LogP contribution < -0.4 is 5.32 Å². The van der Waals surface area contributed by atoms with Crippen molar-refractivity contribution in [3.63, 3.8) is 0 Å². The summed E-state index contributed by atoms with van der Waals surface area (Å²) < 4.78 is 5.53. The zero-order valence-corrected chi connectivity index (χ0v) is 15.2. The molecule has 0 unspecified atom stereocenters. The van der Waals surface area contributed by atoms with E-state index < -0.39 is 5.60 Å². The fourth-order valence-corrected chi connectivity index (χ4v) is 2.46. The summed E-state index contributed by atoms with van der Waals surface area (Å²) in [4.78, 5) is 14.2. The third-order valence-corrected chi connectivity index (χ3v) is 3.94. The molecule has 1 rings (SSSR count). The topological polar surface area (TPSA) is 41.6 Å². The van der Waals surface area contributed by atoms with Crippen LogP contribution in [0.1, 0.15) is 68.2 Å². The molecule has 21 heavy (non-hydrogen) atoms. The van der Waals surface area contributed by atoms with Gasteiger partial charge in [0, 0.05) is 24.2 Å². The fraction of sp³-hybridized carbons (Fsp3) is 0.941. The van der Waals surface area contributed by atoms with E-state index in [1.165, 1.54) is 12.8 Å². The Morgan fingerprint density at radius 1 is 1.10 bits per heavy atom. The number of amides is 1. The van der Waals surface area contributed by atoms with Gasteiger partial charge in [-0.2, -0.15) is 0 Å². The van der Waals surface area contributed by atoms with Crippen molar-refractivity contribution in [1.29, 1.82) is 0 Å². The molecular formula is C17H34N2O2. The molecule has 0 aromatic carbocycles. The van der Waals surface area contributed by atoms with Gasteiger partial charge in [-0.3, -0.25) is 0 Å². The maximum atomic E-state index is 12.4. The maximum Gasteiger partial charge on any atom is 0.410 e. The van der Waals surface area contributed by atoms with Gasteiger partial charge in [0.15, 0.2) is 0 Å². The normalized spacial score (nSPS) is 16.8. The predicted molar refractivity (Wildman–Crippen MR) is 87.5 cm³/mol. The maximum absolute atomic E-state index is 12.4. The van der Waals surface area contributed by atoms with E-state index in [2.05, 4.69) is 19.2 Å². The largest absolute Gasteiger partial charge is 0.444 e. The van der Waals surface area contributed by atoms with Gasteiger partial charge in [0.1, 0.15) is 5.60 Å². The van der Waals surface area contributed by atoms with E-state index in [9.17, 15) is 4.79 Å². The molecule has 1 N–H and O–H groups in total. The first-order chi connectivity index (χ1) is 9.33. The van der Waals surface area contributed by atoms with Gasteiger partial charge in [0.05, 0.1) is 0 Å². The van der Waals surface area contributed by atoms with Crippen LogP contribution in [-0.4, -0.2) is 40.8 Å². The Bertz CT molecular complexity index is 360. The Balaban J connectivity index is 2.56. The predicted octanol–water partition coefficient (Wildman–Crippen LogP) is 3.80. The molecule has 4 nitrogen and oxygen atoms in total. The molecule has 0 spiro atoms. The highest BCUT2D eigenvalue weighted by Gasteiger charge is 2.37. The fourth-order valence-electron chi connectivity index (χ4n) is 2.46. The first-order valence-corrected chi connectivity index (χ1v) is 8.08. The molecule has 124 valence electrons. The minimum atomic E-state index is -0.457. The molecule has 1 amide bonds. The Labute approximate surface area is 130 Å². The van der Waals surface area contributed by atoms with Gasteiger partial charge in [-0.05, 0) is 74.1 Å². The minimum absolute atomic E-state index is 0.164. The number of nitrogens with one attached hydrogen (secondary N) is 1. The number of carbonyl (C=O) groups excluding carboxylic acids is 1. The molecule has 0 heterocycles. The summed E-state index contributed by atoms with van der Waals surface area (Å²) in [5.74, 6) is 0.780. The van der Waals surface area contributed by atoms with Gasteiger partial charge in [-0.15, -0.1) is 0 Å². The Morgan fingerprint density at radius 2 is 1.62 bits per heavy atom. The Kier molecular flexibility index (Phi) is 5.36. The van der Waals surface area contributed by atoms with Crippen molar-refractivity contribution in [2.24, 2.45) is 5.92 Å². The second-order valence-corrected chi connectivity index (χ2v) is 8.73. The highest BCUT2D eigenvalue weighted by atomic mass is 16.6. The van der Waals surface area contributed by atoms with Crippen molar-refractivity contribution in [2.75, 3.05) is 13.1 Å². The molecule has 0 aromatic heterocycles. The summed E-state index contributed by atoms with van der Waals surface area (Å²) in [5, 5.41) is 3.59. The molecule has 0 bridgehead atoms. The van der Waals surface area contributed by atoms with Crippen LogP contribution in [0.2, 0.25) is 0 Å². The zero-order valence-electron chi connectivity index (χ0n) is 15.2. The van der Waals surface area contributed by atoms with Crippen LogP contribution in [0.4, 0.5) is 4.79 Å². The minimum Gasteiger partial charge on any atom is -0.444 e. The second kappa shape index (κ2) is 6.15. The van der Waals surface area contributed by atoms with Crippen LogP contribution in [0.3, 0.4) is 0 Å². The average molecular weight is 298 g/mol. The number of ether oxygens (including phenoxy) is 1. The summed E-state index contributed by atoms with van der Waals surface area (Å²) in [5.41, 5.74) is -0.535. The number of nitrogens with zero attached hydrogens (tertiary/aromatic N) is 1. The van der Waals surface area contributed by atoms with Gasteiger partial charge in [0.25, 0.3) is 0 Å². The molecule has 1 saturated carbocycles. The third-order valence-electron chi connectivity index (χ3n) is 3.94. The lowest BCUT2D eigenvalue weighted by Crippen LogP contribution is -2.52. The van der Waals surface area contributed by atoms with E-state index in [1.54, 1.807) is 0 Å². The van der Waals surface area contributed by atoms with E-state index in [0.29, 0.717) is 6.54 Å². The second-order valence-electron chi connectivity index (χ2n) is 8.73. The van der Waals surface area contributed by atoms with E-state index >= 15 is 0 Å². The standard InChI is InChI=1S/C17H34N2O2/c1-15(2,3)19(14(20)21-16(4,5)6)12-11-18-17(7,8)13-9-10-13/h13,18H,9-12H2,1-8H3. The Morgan fingerprint density at radius 3 is 2.00 bits per heavy atom. The van der Waals surface area contributed by atoms with Gasteiger partial charge in [0.2, 0.25) is 0 Å². The lowest BCUT2D eigenvalue weighted by molar-refractivity contribution is 0.00609. The molecule has 0 aromatic rings. The van der Waals surface area contributed by atoms with Crippen LogP contribution in [0.25, 0.3) is 0 Å². The summed E-state index contributed by atoms with van der Waals surface area (Å²) in [7, 11) is 0. The number of hydrogen-bond donors (Lipinski definition) is 1. The summed E-state index contributed by atoms with van der Waals surface area (Å²) in [6.07, 6.45) is 2.39. The van der Waals surface area contributed by atoms with Crippen molar-refractivity contribution in [2.45, 2.75) is 84.9 Å². The zero-order chi connectivity index (χ0) is 16.5. The molecule has 4 heteroatoms. The van der Waals surface area contributed by atoms with Gasteiger partial charge in [-0.25, -0.2) is 4.79 Å². The first-order valence-electron chi connectivity index (χ1n) is 8.08. The SMILES string of the molecule is CC(C)(C)OC(=O)N(CCNC(C)(C)C1CC1)C(C)(C)C. The first kappa shape index (κ1) is 18.3. The Hall–Kier alpha value is -0.770. The van der Waals surface area contributed by atoms with Gasteiger partial charge >= 0.3 is 6.09 Å². The van der Waals surface area contributed by atoms with Crippen LogP contribution in [0.5, 0.6) is 0 Å². The smallest absolute Gasteiger partial charge is 0.410 e. The number of rotatable bonds is 5. The molecule has 1 aliphatic rings. The monoisotopic (exact) mass is 298 g/mol. The molecule has 1 aliphatic carbocycles. The van der Waals surface area contributed by atoms with Gasteiger partial charge < -0.3 is 15.0 Å². The lowest BCUT2D eigenvalue weighted by atomic mass is 9.99.